The number of rotatable bonds is 21. The maximum atomic E-state index is 14.1. The van der Waals surface area contributed by atoms with E-state index in [1.165, 1.54) is 0 Å². The number of sulfone groups is 1. The summed E-state index contributed by atoms with van der Waals surface area (Å²) >= 11 is 0. The average Bonchev–Trinajstić information content (AvgIpc) is 3.42. The van der Waals surface area contributed by atoms with Crippen LogP contribution in [-0.4, -0.2) is 96.1 Å². The largest absolute Gasteiger partial charge is 0.417 e. The second-order valence-corrected chi connectivity index (χ2v) is 36.3. The zero-order valence-corrected chi connectivity index (χ0v) is 42.0. The Balaban J connectivity index is 1.92. The highest BCUT2D eigenvalue weighted by Crippen LogP contribution is 2.43. The lowest BCUT2D eigenvalue weighted by Gasteiger charge is -2.42. The van der Waals surface area contributed by atoms with Crippen LogP contribution >= 0.6 is 0 Å². The van der Waals surface area contributed by atoms with Crippen molar-refractivity contribution in [3.8, 4) is 0 Å². The minimum absolute atomic E-state index is 0.000640. The quantitative estimate of drug-likeness (QED) is 0.0686. The molecule has 1 aromatic carbocycles. The highest BCUT2D eigenvalue weighted by atomic mass is 32.2. The second-order valence-electron chi connectivity index (χ2n) is 19.9. The molecule has 0 radical (unpaired) electrons. The molecule has 2 fully saturated rings. The lowest BCUT2D eigenvalue weighted by molar-refractivity contribution is -0.0759. The maximum Gasteiger partial charge on any atom is 0.192 e. The lowest BCUT2D eigenvalue weighted by Crippen LogP contribution is -2.49. The topological polar surface area (TPSA) is 89.5 Å². The van der Waals surface area contributed by atoms with E-state index in [0.717, 1.165) is 49.6 Å². The molecule has 2 aliphatic heterocycles. The summed E-state index contributed by atoms with van der Waals surface area (Å²) in [4.78, 5) is 0.314. The molecule has 0 N–H and O–H groups in total. The molecule has 0 saturated carbocycles. The molecule has 56 heavy (non-hydrogen) atoms. The molecule has 4 unspecified atom stereocenters. The van der Waals surface area contributed by atoms with Crippen molar-refractivity contribution in [2.24, 2.45) is 11.8 Å². The van der Waals surface area contributed by atoms with Crippen LogP contribution in [0, 0.1) is 11.8 Å². The second kappa shape index (κ2) is 20.3. The number of methoxy groups -OCH3 is 1. The molecule has 1 aromatic rings. The standard InChI is InChI=1S/C44H82O8SSi3/c1-17-56(18-2,19-3)48-27-23-24-35-28-33(4)34(5)39(50-35)30-40-38(32-53(45,46)37-25-21-20-22-26-37)42(47-12)41(51-40)29-36(52-55(15,16)44(9,10)11)31-49-54(13,14)43(6,7)8/h20-22,25-26,33,35-36,38-42H,5,17-19,23-24,27-32H2,1-4,6-16H3/t33-,35?,36?,38+,39?,40+,41?,42-/m1/s1. The molecule has 3 rings (SSSR count). The van der Waals surface area contributed by atoms with Crippen LogP contribution in [0.2, 0.25) is 54.4 Å². The predicted octanol–water partition coefficient (Wildman–Crippen LogP) is 11.2. The fourth-order valence-electron chi connectivity index (χ4n) is 7.83. The number of hydrogen-bond donors (Lipinski definition) is 0. The lowest BCUT2D eigenvalue weighted by atomic mass is 9.83. The average molecular weight is 855 g/mol. The Hall–Kier alpha value is -0.679. The Bertz CT molecular complexity index is 1460. The molecule has 0 amide bonds. The summed E-state index contributed by atoms with van der Waals surface area (Å²) in [7, 11) is -7.92. The Morgan fingerprint density at radius 2 is 1.46 bits per heavy atom. The monoisotopic (exact) mass is 855 g/mol. The summed E-state index contributed by atoms with van der Waals surface area (Å²) in [6.07, 6.45) is 2.22. The van der Waals surface area contributed by atoms with Crippen molar-refractivity contribution in [1.82, 2.24) is 0 Å². The fourth-order valence-corrected chi connectivity index (χ4v) is 14.6. The van der Waals surface area contributed by atoms with Gasteiger partial charge in [-0.05, 0) is 97.3 Å². The Kier molecular flexibility index (Phi) is 18.0. The van der Waals surface area contributed by atoms with Gasteiger partial charge in [0, 0.05) is 32.5 Å². The summed E-state index contributed by atoms with van der Waals surface area (Å²) in [5.41, 5.74) is 1.06. The Labute approximate surface area is 346 Å². The number of benzene rings is 1. The molecular weight excluding hydrogens is 773 g/mol. The normalized spacial score (nSPS) is 26.5. The van der Waals surface area contributed by atoms with Crippen molar-refractivity contribution in [3.63, 3.8) is 0 Å². The minimum Gasteiger partial charge on any atom is -0.417 e. The summed E-state index contributed by atoms with van der Waals surface area (Å²) in [5.74, 6) is -0.217. The van der Waals surface area contributed by atoms with Crippen LogP contribution < -0.4 is 0 Å². The van der Waals surface area contributed by atoms with Crippen LogP contribution in [-0.2, 0) is 37.3 Å². The van der Waals surface area contributed by atoms with Gasteiger partial charge in [0.1, 0.15) is 0 Å². The van der Waals surface area contributed by atoms with Gasteiger partial charge in [-0.15, -0.1) is 0 Å². The molecule has 324 valence electrons. The highest BCUT2D eigenvalue weighted by Gasteiger charge is 2.50. The molecule has 8 nitrogen and oxygen atoms in total. The van der Waals surface area contributed by atoms with Gasteiger partial charge in [0.25, 0.3) is 0 Å². The van der Waals surface area contributed by atoms with E-state index >= 15 is 0 Å². The number of hydrogen-bond acceptors (Lipinski definition) is 8. The highest BCUT2D eigenvalue weighted by molar-refractivity contribution is 7.91. The Morgan fingerprint density at radius 3 is 2.00 bits per heavy atom. The zero-order valence-electron chi connectivity index (χ0n) is 38.2. The molecular formula is C44H82O8SSi3. The summed E-state index contributed by atoms with van der Waals surface area (Å²) in [5, 5.41) is 0.0477. The molecule has 8 atom stereocenters. The Morgan fingerprint density at radius 1 is 0.875 bits per heavy atom. The summed E-state index contributed by atoms with van der Waals surface area (Å²) < 4.78 is 68.9. The maximum absolute atomic E-state index is 14.1. The van der Waals surface area contributed by atoms with E-state index in [1.807, 2.05) is 6.07 Å². The van der Waals surface area contributed by atoms with Gasteiger partial charge in [-0.25, -0.2) is 8.42 Å². The van der Waals surface area contributed by atoms with Crippen LogP contribution in [0.1, 0.15) is 101 Å². The molecule has 0 aromatic heterocycles. The van der Waals surface area contributed by atoms with Crippen molar-refractivity contribution in [3.05, 3.63) is 42.5 Å². The van der Waals surface area contributed by atoms with E-state index in [9.17, 15) is 8.42 Å². The smallest absolute Gasteiger partial charge is 0.192 e. The van der Waals surface area contributed by atoms with Crippen molar-refractivity contribution < 1.29 is 35.9 Å². The van der Waals surface area contributed by atoms with Crippen LogP contribution in [0.5, 0.6) is 0 Å². The molecule has 0 bridgehead atoms. The van der Waals surface area contributed by atoms with E-state index in [0.29, 0.717) is 24.3 Å². The van der Waals surface area contributed by atoms with Crippen LogP contribution in [0.25, 0.3) is 0 Å². The first-order valence-electron chi connectivity index (χ1n) is 21.6. The van der Waals surface area contributed by atoms with Gasteiger partial charge >= 0.3 is 0 Å². The predicted molar refractivity (Wildman–Crippen MR) is 240 cm³/mol. The zero-order chi connectivity index (χ0) is 42.3. The van der Waals surface area contributed by atoms with E-state index in [4.69, 9.17) is 27.5 Å². The minimum atomic E-state index is -3.65. The van der Waals surface area contributed by atoms with E-state index in [-0.39, 0.29) is 46.2 Å². The summed E-state index contributed by atoms with van der Waals surface area (Å²) in [6.45, 7) is 37.4. The van der Waals surface area contributed by atoms with Crippen molar-refractivity contribution in [2.75, 3.05) is 26.1 Å². The van der Waals surface area contributed by atoms with Gasteiger partial charge in [-0.1, -0.05) is 94.0 Å². The van der Waals surface area contributed by atoms with E-state index in [2.05, 4.69) is 102 Å². The van der Waals surface area contributed by atoms with Crippen molar-refractivity contribution in [1.29, 1.82) is 0 Å². The first-order chi connectivity index (χ1) is 25.9. The van der Waals surface area contributed by atoms with Gasteiger partial charge in [-0.3, -0.25) is 0 Å². The van der Waals surface area contributed by atoms with Gasteiger partial charge < -0.3 is 27.5 Å². The molecule has 0 spiro atoms. The molecule has 2 saturated heterocycles. The van der Waals surface area contributed by atoms with Gasteiger partial charge in [0.15, 0.2) is 34.8 Å². The fraction of sp³-hybridized carbons (Fsp3) is 0.818. The SMILES string of the molecule is C=C1C(C[C@@H]2OC(CC(CO[Si](C)(C)C(C)(C)C)O[Si](C)(C)C(C)(C)C)[C@H](OC)[C@H]2CS(=O)(=O)c2ccccc2)OC(CCCO[Si](CC)(CC)CC)C[C@H]1C. The third-order valence-corrected chi connectivity index (χ3v) is 29.6. The molecule has 2 aliphatic rings. The van der Waals surface area contributed by atoms with Crippen LogP contribution in [0.15, 0.2) is 47.4 Å². The first-order valence-corrected chi connectivity index (χ1v) is 31.6. The van der Waals surface area contributed by atoms with Gasteiger partial charge in [0.05, 0.1) is 53.9 Å². The van der Waals surface area contributed by atoms with E-state index in [1.54, 1.807) is 31.4 Å². The molecule has 0 aliphatic carbocycles. The van der Waals surface area contributed by atoms with Gasteiger partial charge in [-0.2, -0.15) is 0 Å². The van der Waals surface area contributed by atoms with Gasteiger partial charge in [0.2, 0.25) is 0 Å². The van der Waals surface area contributed by atoms with Crippen molar-refractivity contribution >= 4 is 34.8 Å². The van der Waals surface area contributed by atoms with Crippen molar-refractivity contribution in [2.45, 2.75) is 197 Å². The summed E-state index contributed by atoms with van der Waals surface area (Å²) in [6, 6.07) is 12.2. The van der Waals surface area contributed by atoms with Crippen LogP contribution in [0.3, 0.4) is 0 Å². The molecule has 2 heterocycles. The first kappa shape index (κ1) is 49.7. The van der Waals surface area contributed by atoms with E-state index < -0.39 is 52.9 Å². The third kappa shape index (κ3) is 12.9. The van der Waals surface area contributed by atoms with Crippen LogP contribution in [0.4, 0.5) is 0 Å². The third-order valence-electron chi connectivity index (χ3n) is 14.1. The number of ether oxygens (including phenoxy) is 3. The molecule has 12 heteroatoms.